The molecule has 0 rings (SSSR count). The quantitative estimate of drug-likeness (QED) is 0.281. The third-order valence-corrected chi connectivity index (χ3v) is 0. The van der Waals surface area contributed by atoms with Crippen molar-refractivity contribution in [2.24, 2.45) is 0 Å². The number of hydrogen-bond acceptors (Lipinski definition) is 12. The SMILES string of the molecule is O=S([O-])[O-].O=S([O-])[O-].O=S([O-])[O-].O=S([O-])[O-].[Ca+2].[Mg+2]. The summed E-state index contributed by atoms with van der Waals surface area (Å²) in [6, 6.07) is 0. The van der Waals surface area contributed by atoms with E-state index in [1.807, 2.05) is 0 Å². The Balaban J connectivity index is -0.0000000257. The summed E-state index contributed by atoms with van der Waals surface area (Å²) in [5, 5.41) is 0. The minimum absolute atomic E-state index is 0. The van der Waals surface area contributed by atoms with E-state index in [2.05, 4.69) is 0 Å². The molecule has 12 nitrogen and oxygen atoms in total. The summed E-state index contributed by atoms with van der Waals surface area (Å²) in [5.74, 6) is 0. The molecule has 0 aromatic heterocycles. The fraction of sp³-hybridized carbons (Fsp3) is 0. The average molecular weight is 385 g/mol. The first-order chi connectivity index (χ1) is 6.93. The first-order valence-corrected chi connectivity index (χ1v) is 6.00. The summed E-state index contributed by atoms with van der Waals surface area (Å²) >= 11 is -12.4. The van der Waals surface area contributed by atoms with Gasteiger partial charge in [0, 0.05) is 0 Å². The maximum Gasteiger partial charge on any atom is 2.00 e. The molecule has 0 saturated carbocycles. The van der Waals surface area contributed by atoms with Gasteiger partial charge < -0.3 is 36.4 Å². The molecular formula is CaMgO12S4-4. The van der Waals surface area contributed by atoms with Gasteiger partial charge in [0.25, 0.3) is 0 Å². The topological polar surface area (TPSA) is 253 Å². The van der Waals surface area contributed by atoms with Crippen LogP contribution in [0, 0.1) is 0 Å². The van der Waals surface area contributed by atoms with E-state index in [9.17, 15) is 0 Å². The van der Waals surface area contributed by atoms with Crippen molar-refractivity contribution < 1.29 is 53.3 Å². The summed E-state index contributed by atoms with van der Waals surface area (Å²) in [5.41, 5.74) is 0. The molecule has 0 N–H and O–H groups in total. The fourth-order valence-electron chi connectivity index (χ4n) is 0. The van der Waals surface area contributed by atoms with E-state index < -0.39 is 45.4 Å². The van der Waals surface area contributed by atoms with Crippen LogP contribution in [0.4, 0.5) is 0 Å². The van der Waals surface area contributed by atoms with Crippen LogP contribution < -0.4 is 0 Å². The van der Waals surface area contributed by atoms with Crippen molar-refractivity contribution in [2.75, 3.05) is 0 Å². The van der Waals surface area contributed by atoms with Crippen molar-refractivity contribution in [3.63, 3.8) is 0 Å². The minimum atomic E-state index is -3.11. The van der Waals surface area contributed by atoms with E-state index in [0.29, 0.717) is 0 Å². The number of rotatable bonds is 0. The monoisotopic (exact) mass is 384 g/mol. The van der Waals surface area contributed by atoms with Crippen LogP contribution in [0.1, 0.15) is 0 Å². The van der Waals surface area contributed by atoms with Crippen LogP contribution >= 0.6 is 0 Å². The van der Waals surface area contributed by atoms with Crippen molar-refractivity contribution in [3.8, 4) is 0 Å². The van der Waals surface area contributed by atoms with Crippen molar-refractivity contribution in [1.29, 1.82) is 0 Å². The molecule has 0 aromatic rings. The molecule has 18 heavy (non-hydrogen) atoms. The van der Waals surface area contributed by atoms with Gasteiger partial charge in [-0.25, -0.2) is 0 Å². The van der Waals surface area contributed by atoms with Crippen molar-refractivity contribution in [2.45, 2.75) is 0 Å². The Morgan fingerprint density at radius 2 is 0.444 bits per heavy atom. The molecule has 0 aromatic carbocycles. The van der Waals surface area contributed by atoms with Gasteiger partial charge in [0.15, 0.2) is 0 Å². The van der Waals surface area contributed by atoms with Crippen LogP contribution in [0.3, 0.4) is 0 Å². The summed E-state index contributed by atoms with van der Waals surface area (Å²) in [6.45, 7) is 0. The molecular weight excluding hydrogens is 385 g/mol. The van der Waals surface area contributed by atoms with E-state index in [1.54, 1.807) is 0 Å². The molecule has 0 unspecified atom stereocenters. The van der Waals surface area contributed by atoms with Crippen molar-refractivity contribution >= 4 is 106 Å². The summed E-state index contributed by atoms with van der Waals surface area (Å²) in [6.07, 6.45) is 0. The summed E-state index contributed by atoms with van der Waals surface area (Å²) in [7, 11) is 0. The third kappa shape index (κ3) is 1030. The molecule has 0 amide bonds. The smallest absolute Gasteiger partial charge is 0.784 e. The maximum atomic E-state index is 8.44. The molecule has 0 aliphatic carbocycles. The summed E-state index contributed by atoms with van der Waals surface area (Å²) in [4.78, 5) is 0. The van der Waals surface area contributed by atoms with Crippen LogP contribution in [0.2, 0.25) is 0 Å². The standard InChI is InChI=1S/Ca.Mg.4H2O3S/c;;4*1-4(2)3/h;;4*(H2,1,2,3)/q2*+2;;;;/p-8. The zero-order chi connectivity index (χ0) is 14.3. The number of hydrogen-bond donors (Lipinski definition) is 0. The van der Waals surface area contributed by atoms with Crippen LogP contribution in [-0.2, 0) is 45.4 Å². The van der Waals surface area contributed by atoms with E-state index in [-0.39, 0.29) is 60.8 Å². The predicted molar refractivity (Wildman–Crippen MR) is 50.3 cm³/mol. The van der Waals surface area contributed by atoms with Gasteiger partial charge in [0.2, 0.25) is 0 Å². The molecule has 0 heterocycles. The Morgan fingerprint density at radius 3 is 0.444 bits per heavy atom. The molecule has 0 bridgehead atoms. The average Bonchev–Trinajstić information content (AvgIpc) is 1.76. The normalized spacial score (nSPS) is 7.78. The Bertz CT molecular complexity index is 164. The molecule has 0 aliphatic heterocycles. The zero-order valence-electron chi connectivity index (χ0n) is 7.95. The Labute approximate surface area is 157 Å². The largest absolute Gasteiger partial charge is 2.00 e. The van der Waals surface area contributed by atoms with Crippen LogP contribution in [0.5, 0.6) is 0 Å². The van der Waals surface area contributed by atoms with Gasteiger partial charge in [-0.15, -0.1) is 45.4 Å². The molecule has 0 atom stereocenters. The molecule has 0 fully saturated rings. The van der Waals surface area contributed by atoms with E-state index in [1.165, 1.54) is 0 Å². The molecule has 0 spiro atoms. The van der Waals surface area contributed by atoms with Crippen LogP contribution in [0.15, 0.2) is 0 Å². The Hall–Kier alpha value is 2.31. The summed E-state index contributed by atoms with van der Waals surface area (Å²) < 4.78 is 101. The second-order valence-corrected chi connectivity index (χ2v) is 2.45. The van der Waals surface area contributed by atoms with E-state index in [0.717, 1.165) is 0 Å². The van der Waals surface area contributed by atoms with Gasteiger partial charge in [0.05, 0.1) is 0 Å². The first kappa shape index (κ1) is 37.0. The van der Waals surface area contributed by atoms with E-state index >= 15 is 0 Å². The molecule has 0 aliphatic rings. The minimum Gasteiger partial charge on any atom is -0.784 e. The molecule has 0 radical (unpaired) electrons. The second-order valence-electron chi connectivity index (χ2n) is 0.816. The van der Waals surface area contributed by atoms with Gasteiger partial charge in [-0.1, -0.05) is 0 Å². The van der Waals surface area contributed by atoms with Gasteiger partial charge in [-0.05, 0) is 0 Å². The molecule has 104 valence electrons. The van der Waals surface area contributed by atoms with Gasteiger partial charge in [-0.2, -0.15) is 0 Å². The molecule has 18 heteroatoms. The van der Waals surface area contributed by atoms with Crippen LogP contribution in [0.25, 0.3) is 0 Å². The van der Waals surface area contributed by atoms with Gasteiger partial charge >= 0.3 is 60.8 Å². The zero-order valence-corrected chi connectivity index (χ0v) is 14.8. The van der Waals surface area contributed by atoms with Gasteiger partial charge in [-0.3, -0.25) is 16.8 Å². The predicted octanol–water partition coefficient (Wildman–Crippen LogP) is -4.78. The van der Waals surface area contributed by atoms with Gasteiger partial charge in [0.1, 0.15) is 0 Å². The maximum absolute atomic E-state index is 8.44. The first-order valence-electron chi connectivity index (χ1n) is 2.00. The Kier molecular flexibility index (Phi) is 64.9. The third-order valence-electron chi connectivity index (χ3n) is 0. The van der Waals surface area contributed by atoms with Crippen molar-refractivity contribution in [1.82, 2.24) is 0 Å². The van der Waals surface area contributed by atoms with Crippen molar-refractivity contribution in [3.05, 3.63) is 0 Å². The molecule has 0 saturated heterocycles. The Morgan fingerprint density at radius 1 is 0.444 bits per heavy atom. The van der Waals surface area contributed by atoms with E-state index in [4.69, 9.17) is 53.3 Å². The van der Waals surface area contributed by atoms with Crippen LogP contribution in [-0.4, -0.2) is 114 Å². The fourth-order valence-corrected chi connectivity index (χ4v) is 0. The second kappa shape index (κ2) is 31.6.